The van der Waals surface area contributed by atoms with Gasteiger partial charge in [-0.15, -0.1) is 0 Å². The first-order chi connectivity index (χ1) is 12.2. The zero-order valence-corrected chi connectivity index (χ0v) is 15.1. The highest BCUT2D eigenvalue weighted by molar-refractivity contribution is 5.73. The van der Waals surface area contributed by atoms with Gasteiger partial charge < -0.3 is 4.74 Å². The Balaban J connectivity index is 1.73. The number of fused-ring (bicyclic) bond motifs is 1. The molecule has 0 saturated heterocycles. The fourth-order valence-electron chi connectivity index (χ4n) is 3.41. The second kappa shape index (κ2) is 6.92. The summed E-state index contributed by atoms with van der Waals surface area (Å²) in [6, 6.07) is 0.209. The quantitative estimate of drug-likeness (QED) is 0.825. The van der Waals surface area contributed by atoms with Crippen molar-refractivity contribution in [3.8, 4) is 6.01 Å². The Bertz CT molecular complexity index is 833. The number of hydrogen-bond donors (Lipinski definition) is 0. The van der Waals surface area contributed by atoms with E-state index in [1.54, 1.807) is 11.7 Å². The van der Waals surface area contributed by atoms with Crippen LogP contribution < -0.4 is 10.3 Å². The molecule has 1 aliphatic rings. The van der Waals surface area contributed by atoms with Crippen LogP contribution in [0.4, 0.5) is 13.2 Å². The van der Waals surface area contributed by atoms with Crippen LogP contribution in [0, 0.1) is 11.8 Å². The molecule has 3 rings (SSSR count). The molecule has 0 atom stereocenters. The summed E-state index contributed by atoms with van der Waals surface area (Å²) < 4.78 is 46.9. The second-order valence-electron chi connectivity index (χ2n) is 7.25. The van der Waals surface area contributed by atoms with Gasteiger partial charge in [0.1, 0.15) is 5.39 Å². The Labute approximate surface area is 149 Å². The van der Waals surface area contributed by atoms with E-state index in [2.05, 4.69) is 10.1 Å². The molecule has 0 bridgehead atoms. The zero-order chi connectivity index (χ0) is 19.1. The van der Waals surface area contributed by atoms with Gasteiger partial charge in [0.2, 0.25) is 0 Å². The predicted octanol–water partition coefficient (Wildman–Crippen LogP) is 3.46. The van der Waals surface area contributed by atoms with Gasteiger partial charge >= 0.3 is 12.2 Å². The van der Waals surface area contributed by atoms with E-state index in [-0.39, 0.29) is 43.0 Å². The van der Waals surface area contributed by atoms with Gasteiger partial charge in [-0.2, -0.15) is 23.3 Å². The van der Waals surface area contributed by atoms with E-state index in [1.165, 1.54) is 10.8 Å². The third-order valence-corrected chi connectivity index (χ3v) is 5.04. The van der Waals surface area contributed by atoms with Crippen molar-refractivity contribution in [1.29, 1.82) is 0 Å². The standard InChI is InChI=1S/C17H23F3N4O2/c1-10(2)24-14-13(8-21-24)15(25)23(3)16(22-14)26-9-11-4-6-12(7-5-11)17(18,19)20/h8,10-12H,4-7,9H2,1-3H3/t11-,12-. The van der Waals surface area contributed by atoms with Crippen LogP contribution in [0.1, 0.15) is 45.6 Å². The number of ether oxygens (including phenoxy) is 1. The van der Waals surface area contributed by atoms with Crippen molar-refractivity contribution in [2.75, 3.05) is 6.61 Å². The molecule has 0 N–H and O–H groups in total. The molecule has 2 aromatic heterocycles. The Morgan fingerprint density at radius 3 is 2.50 bits per heavy atom. The topological polar surface area (TPSA) is 61.9 Å². The van der Waals surface area contributed by atoms with E-state index < -0.39 is 12.1 Å². The number of aromatic nitrogens is 4. The second-order valence-corrected chi connectivity index (χ2v) is 7.25. The molecule has 0 aromatic carbocycles. The lowest BCUT2D eigenvalue weighted by Crippen LogP contribution is -2.30. The van der Waals surface area contributed by atoms with Crippen LogP contribution in [-0.2, 0) is 7.05 Å². The van der Waals surface area contributed by atoms with Gasteiger partial charge in [0.25, 0.3) is 5.56 Å². The number of hydrogen-bond acceptors (Lipinski definition) is 4. The Hall–Kier alpha value is -2.06. The van der Waals surface area contributed by atoms with Crippen molar-refractivity contribution in [2.45, 2.75) is 51.7 Å². The lowest BCUT2D eigenvalue weighted by Gasteiger charge is -2.29. The SMILES string of the molecule is CC(C)n1ncc2c(=O)n(C)c(OC[C@H]3CC[C@H](C(F)(F)F)CC3)nc21. The number of halogens is 3. The first-order valence-corrected chi connectivity index (χ1v) is 8.82. The summed E-state index contributed by atoms with van der Waals surface area (Å²) in [5.41, 5.74) is 0.205. The minimum absolute atomic E-state index is 0.0382. The monoisotopic (exact) mass is 372 g/mol. The summed E-state index contributed by atoms with van der Waals surface area (Å²) in [4.78, 5) is 16.9. The third-order valence-electron chi connectivity index (χ3n) is 5.04. The van der Waals surface area contributed by atoms with Gasteiger partial charge in [-0.1, -0.05) is 0 Å². The van der Waals surface area contributed by atoms with Crippen molar-refractivity contribution in [1.82, 2.24) is 19.3 Å². The first-order valence-electron chi connectivity index (χ1n) is 8.82. The van der Waals surface area contributed by atoms with Crippen molar-refractivity contribution < 1.29 is 17.9 Å². The van der Waals surface area contributed by atoms with Crippen molar-refractivity contribution in [2.24, 2.45) is 18.9 Å². The molecule has 0 amide bonds. The lowest BCUT2D eigenvalue weighted by molar-refractivity contribution is -0.184. The maximum atomic E-state index is 12.7. The van der Waals surface area contributed by atoms with E-state index >= 15 is 0 Å². The van der Waals surface area contributed by atoms with Gasteiger partial charge in [0.05, 0.1) is 18.7 Å². The van der Waals surface area contributed by atoms with E-state index in [0.29, 0.717) is 23.9 Å². The molecule has 2 aromatic rings. The highest BCUT2D eigenvalue weighted by Gasteiger charge is 2.41. The van der Waals surface area contributed by atoms with Crippen molar-refractivity contribution in [3.05, 3.63) is 16.6 Å². The summed E-state index contributed by atoms with van der Waals surface area (Å²) >= 11 is 0. The fourth-order valence-corrected chi connectivity index (χ4v) is 3.41. The predicted molar refractivity (Wildman–Crippen MR) is 90.2 cm³/mol. The minimum atomic E-state index is -4.11. The molecule has 2 heterocycles. The molecule has 9 heteroatoms. The normalized spacial score (nSPS) is 21.5. The van der Waals surface area contributed by atoms with Crippen LogP contribution in [0.2, 0.25) is 0 Å². The summed E-state index contributed by atoms with van der Waals surface area (Å²) in [7, 11) is 1.57. The molecular weight excluding hydrogens is 349 g/mol. The van der Waals surface area contributed by atoms with Crippen LogP contribution in [0.15, 0.2) is 11.0 Å². The molecule has 1 fully saturated rings. The molecule has 144 valence electrons. The molecule has 0 unspecified atom stereocenters. The van der Waals surface area contributed by atoms with E-state index in [1.807, 2.05) is 13.8 Å². The maximum Gasteiger partial charge on any atom is 0.391 e. The van der Waals surface area contributed by atoms with E-state index in [9.17, 15) is 18.0 Å². The number of rotatable bonds is 4. The molecule has 0 radical (unpaired) electrons. The fraction of sp³-hybridized carbons (Fsp3) is 0.706. The molecule has 1 saturated carbocycles. The van der Waals surface area contributed by atoms with Crippen molar-refractivity contribution in [3.63, 3.8) is 0 Å². The minimum Gasteiger partial charge on any atom is -0.464 e. The van der Waals surface area contributed by atoms with Gasteiger partial charge in [-0.25, -0.2) is 4.68 Å². The highest BCUT2D eigenvalue weighted by atomic mass is 19.4. The summed E-state index contributed by atoms with van der Waals surface area (Å²) in [5, 5.41) is 4.61. The molecule has 6 nitrogen and oxygen atoms in total. The van der Waals surface area contributed by atoms with E-state index in [0.717, 1.165) is 0 Å². The molecule has 0 spiro atoms. The zero-order valence-electron chi connectivity index (χ0n) is 15.1. The number of alkyl halides is 3. The smallest absolute Gasteiger partial charge is 0.391 e. The Morgan fingerprint density at radius 2 is 1.92 bits per heavy atom. The van der Waals surface area contributed by atoms with Gasteiger partial charge in [-0.3, -0.25) is 9.36 Å². The van der Waals surface area contributed by atoms with Gasteiger partial charge in [-0.05, 0) is 45.4 Å². The van der Waals surface area contributed by atoms with Gasteiger partial charge in [0.15, 0.2) is 5.65 Å². The van der Waals surface area contributed by atoms with Crippen LogP contribution >= 0.6 is 0 Å². The van der Waals surface area contributed by atoms with Crippen molar-refractivity contribution >= 4 is 11.0 Å². The largest absolute Gasteiger partial charge is 0.464 e. The summed E-state index contributed by atoms with van der Waals surface area (Å²) in [6.45, 7) is 4.13. The Kier molecular flexibility index (Phi) is 4.98. The van der Waals surface area contributed by atoms with Crippen LogP contribution in [-0.4, -0.2) is 32.1 Å². The van der Waals surface area contributed by atoms with Crippen LogP contribution in [0.25, 0.3) is 11.0 Å². The molecule has 1 aliphatic carbocycles. The average molecular weight is 372 g/mol. The molecule has 0 aliphatic heterocycles. The highest BCUT2D eigenvalue weighted by Crippen LogP contribution is 2.39. The van der Waals surface area contributed by atoms with Gasteiger partial charge in [0, 0.05) is 13.1 Å². The molecule has 26 heavy (non-hydrogen) atoms. The third kappa shape index (κ3) is 3.57. The van der Waals surface area contributed by atoms with E-state index in [4.69, 9.17) is 4.74 Å². The lowest BCUT2D eigenvalue weighted by atomic mass is 9.82. The maximum absolute atomic E-state index is 12.7. The Morgan fingerprint density at radius 1 is 1.27 bits per heavy atom. The molecular formula is C17H23F3N4O2. The average Bonchev–Trinajstić information content (AvgIpc) is 3.00. The summed E-state index contributed by atoms with van der Waals surface area (Å²) in [6.07, 6.45) is -1.44. The van der Waals surface area contributed by atoms with Crippen LogP contribution in [0.5, 0.6) is 6.01 Å². The summed E-state index contributed by atoms with van der Waals surface area (Å²) in [5.74, 6) is -1.17. The number of nitrogens with zero attached hydrogens (tertiary/aromatic N) is 4. The van der Waals surface area contributed by atoms with Crippen LogP contribution in [0.3, 0.4) is 0 Å². The first kappa shape index (κ1) is 18.7.